The van der Waals surface area contributed by atoms with Crippen LogP contribution >= 0.6 is 15.9 Å². The molecule has 0 aliphatic heterocycles. The van der Waals surface area contributed by atoms with Crippen LogP contribution in [0.15, 0.2) is 51.8 Å². The SMILES string of the molecule is CCOc1ccc(S(=O)(=O)N(CC)CC)cc1NC(=O)Cc1cccc(Br)c1. The minimum Gasteiger partial charge on any atom is -0.492 e. The van der Waals surface area contributed by atoms with Crippen LogP contribution in [0.2, 0.25) is 0 Å². The third kappa shape index (κ3) is 5.56. The third-order valence-corrected chi connectivity index (χ3v) is 6.66. The number of ether oxygens (including phenoxy) is 1. The monoisotopic (exact) mass is 468 g/mol. The number of nitrogens with one attached hydrogen (secondary N) is 1. The molecule has 0 aliphatic carbocycles. The standard InChI is InChI=1S/C20H25BrN2O4S/c1-4-23(5-2)28(25,26)17-10-11-19(27-6-3)18(14-17)22-20(24)13-15-8-7-9-16(21)12-15/h7-12,14H,4-6,13H2,1-3H3,(H,22,24). The fourth-order valence-corrected chi connectivity index (χ4v) is 4.72. The maximum Gasteiger partial charge on any atom is 0.243 e. The highest BCUT2D eigenvalue weighted by molar-refractivity contribution is 9.10. The number of sulfonamides is 1. The first kappa shape index (κ1) is 22.4. The molecule has 0 saturated carbocycles. The molecule has 28 heavy (non-hydrogen) atoms. The van der Waals surface area contributed by atoms with Gasteiger partial charge in [0.25, 0.3) is 0 Å². The first-order chi connectivity index (χ1) is 13.3. The predicted octanol–water partition coefficient (Wildman–Crippen LogP) is 4.06. The van der Waals surface area contributed by atoms with Crippen LogP contribution in [0.4, 0.5) is 5.69 Å². The van der Waals surface area contributed by atoms with Crippen molar-refractivity contribution in [2.75, 3.05) is 25.0 Å². The Balaban J connectivity index is 2.31. The van der Waals surface area contributed by atoms with Gasteiger partial charge < -0.3 is 10.1 Å². The summed E-state index contributed by atoms with van der Waals surface area (Å²) in [5.41, 5.74) is 1.19. The molecule has 2 aromatic carbocycles. The molecule has 8 heteroatoms. The molecule has 0 spiro atoms. The molecule has 0 fully saturated rings. The maximum atomic E-state index is 12.8. The lowest BCUT2D eigenvalue weighted by molar-refractivity contribution is -0.115. The van der Waals surface area contributed by atoms with Crippen molar-refractivity contribution in [3.05, 3.63) is 52.5 Å². The summed E-state index contributed by atoms with van der Waals surface area (Å²) in [5, 5.41) is 2.79. The van der Waals surface area contributed by atoms with Crippen molar-refractivity contribution in [2.45, 2.75) is 32.1 Å². The van der Waals surface area contributed by atoms with E-state index in [0.29, 0.717) is 31.1 Å². The number of nitrogens with zero attached hydrogens (tertiary/aromatic N) is 1. The lowest BCUT2D eigenvalue weighted by atomic mass is 10.1. The van der Waals surface area contributed by atoms with E-state index in [9.17, 15) is 13.2 Å². The third-order valence-electron chi connectivity index (χ3n) is 4.12. The number of amides is 1. The Bertz CT molecular complexity index is 928. The molecule has 0 atom stereocenters. The molecule has 1 amide bonds. The van der Waals surface area contributed by atoms with Gasteiger partial charge in [0.05, 0.1) is 23.6 Å². The largest absolute Gasteiger partial charge is 0.492 e. The minimum absolute atomic E-state index is 0.123. The molecule has 152 valence electrons. The number of carbonyl (C=O) groups is 1. The van der Waals surface area contributed by atoms with E-state index in [1.165, 1.54) is 16.4 Å². The summed E-state index contributed by atoms with van der Waals surface area (Å²) in [5.74, 6) is 0.181. The van der Waals surface area contributed by atoms with Crippen LogP contribution in [0.25, 0.3) is 0 Å². The summed E-state index contributed by atoms with van der Waals surface area (Å²) in [6.07, 6.45) is 0.165. The van der Waals surface area contributed by atoms with Gasteiger partial charge in [-0.1, -0.05) is 41.9 Å². The van der Waals surface area contributed by atoms with Crippen LogP contribution in [0.3, 0.4) is 0 Å². The van der Waals surface area contributed by atoms with E-state index >= 15 is 0 Å². The average Bonchev–Trinajstić information content (AvgIpc) is 2.64. The zero-order chi connectivity index (χ0) is 20.7. The molecule has 0 aliphatic rings. The summed E-state index contributed by atoms with van der Waals surface area (Å²) < 4.78 is 33.4. The van der Waals surface area contributed by atoms with E-state index in [1.807, 2.05) is 31.2 Å². The van der Waals surface area contributed by atoms with Gasteiger partial charge in [-0.05, 0) is 42.8 Å². The first-order valence-corrected chi connectivity index (χ1v) is 11.4. The lowest BCUT2D eigenvalue weighted by Gasteiger charge is -2.20. The Labute approximate surface area is 175 Å². The smallest absolute Gasteiger partial charge is 0.243 e. The highest BCUT2D eigenvalue weighted by Gasteiger charge is 2.23. The second-order valence-corrected chi connectivity index (χ2v) is 8.89. The molecular weight excluding hydrogens is 444 g/mol. The summed E-state index contributed by atoms with van der Waals surface area (Å²) in [6.45, 7) is 6.55. The van der Waals surface area contributed by atoms with Crippen molar-refractivity contribution in [3.63, 3.8) is 0 Å². The Morgan fingerprint density at radius 1 is 1.11 bits per heavy atom. The molecule has 0 aromatic heterocycles. The number of carbonyl (C=O) groups excluding carboxylic acids is 1. The summed E-state index contributed by atoms with van der Waals surface area (Å²) in [7, 11) is -3.64. The molecule has 2 rings (SSSR count). The zero-order valence-corrected chi connectivity index (χ0v) is 18.6. The van der Waals surface area contributed by atoms with Crippen molar-refractivity contribution in [2.24, 2.45) is 0 Å². The van der Waals surface area contributed by atoms with Crippen molar-refractivity contribution >= 4 is 37.5 Å². The molecule has 0 unspecified atom stereocenters. The molecule has 0 heterocycles. The normalized spacial score (nSPS) is 11.5. The van der Waals surface area contributed by atoms with Gasteiger partial charge in [-0.3, -0.25) is 4.79 Å². The van der Waals surface area contributed by atoms with E-state index < -0.39 is 10.0 Å². The number of halogens is 1. The van der Waals surface area contributed by atoms with Crippen molar-refractivity contribution < 1.29 is 17.9 Å². The van der Waals surface area contributed by atoms with Crippen molar-refractivity contribution in [3.8, 4) is 5.75 Å². The summed E-state index contributed by atoms with van der Waals surface area (Å²) in [6, 6.07) is 12.0. The van der Waals surface area contributed by atoms with Crippen LogP contribution in [0, 0.1) is 0 Å². The quantitative estimate of drug-likeness (QED) is 0.601. The topological polar surface area (TPSA) is 75.7 Å². The van der Waals surface area contributed by atoms with Gasteiger partial charge in [0.1, 0.15) is 5.75 Å². The number of benzene rings is 2. The van der Waals surface area contributed by atoms with Crippen LogP contribution < -0.4 is 10.1 Å². The Morgan fingerprint density at radius 2 is 1.82 bits per heavy atom. The maximum absolute atomic E-state index is 12.8. The molecule has 0 saturated heterocycles. The van der Waals surface area contributed by atoms with Gasteiger partial charge in [0.2, 0.25) is 15.9 Å². The predicted molar refractivity (Wildman–Crippen MR) is 114 cm³/mol. The van der Waals surface area contributed by atoms with Crippen LogP contribution in [0.1, 0.15) is 26.3 Å². The van der Waals surface area contributed by atoms with Gasteiger partial charge in [0, 0.05) is 17.6 Å². The number of rotatable bonds is 9. The van der Waals surface area contributed by atoms with E-state index in [1.54, 1.807) is 19.9 Å². The highest BCUT2D eigenvalue weighted by atomic mass is 79.9. The lowest BCUT2D eigenvalue weighted by Crippen LogP contribution is -2.30. The first-order valence-electron chi connectivity index (χ1n) is 9.13. The molecule has 1 N–H and O–H groups in total. The van der Waals surface area contributed by atoms with Crippen LogP contribution in [-0.2, 0) is 21.2 Å². The fourth-order valence-electron chi connectivity index (χ4n) is 2.79. The van der Waals surface area contributed by atoms with E-state index in [2.05, 4.69) is 21.2 Å². The van der Waals surface area contributed by atoms with Crippen molar-refractivity contribution in [1.82, 2.24) is 4.31 Å². The van der Waals surface area contributed by atoms with E-state index in [0.717, 1.165) is 10.0 Å². The molecular formula is C20H25BrN2O4S. The summed E-state index contributed by atoms with van der Waals surface area (Å²) >= 11 is 3.39. The van der Waals surface area contributed by atoms with E-state index in [-0.39, 0.29) is 17.2 Å². The Hall–Kier alpha value is -1.90. The molecule has 0 bridgehead atoms. The van der Waals surface area contributed by atoms with Gasteiger partial charge >= 0.3 is 0 Å². The van der Waals surface area contributed by atoms with E-state index in [4.69, 9.17) is 4.74 Å². The number of anilines is 1. The second kappa shape index (κ2) is 10.0. The Kier molecular flexibility index (Phi) is 8.03. The average molecular weight is 469 g/mol. The van der Waals surface area contributed by atoms with Gasteiger partial charge in [-0.15, -0.1) is 0 Å². The molecule has 2 aromatic rings. The summed E-state index contributed by atoms with van der Waals surface area (Å²) in [4.78, 5) is 12.6. The second-order valence-electron chi connectivity index (χ2n) is 6.04. The van der Waals surface area contributed by atoms with Gasteiger partial charge in [-0.2, -0.15) is 4.31 Å². The highest BCUT2D eigenvalue weighted by Crippen LogP contribution is 2.29. The molecule has 6 nitrogen and oxygen atoms in total. The van der Waals surface area contributed by atoms with Crippen LogP contribution in [-0.4, -0.2) is 38.3 Å². The van der Waals surface area contributed by atoms with Crippen molar-refractivity contribution in [1.29, 1.82) is 0 Å². The van der Waals surface area contributed by atoms with Gasteiger partial charge in [0.15, 0.2) is 0 Å². The minimum atomic E-state index is -3.64. The molecule has 0 radical (unpaired) electrons. The number of hydrogen-bond acceptors (Lipinski definition) is 4. The van der Waals surface area contributed by atoms with Gasteiger partial charge in [-0.25, -0.2) is 8.42 Å². The fraction of sp³-hybridized carbons (Fsp3) is 0.350. The van der Waals surface area contributed by atoms with Crippen LogP contribution in [0.5, 0.6) is 5.75 Å². The Morgan fingerprint density at radius 3 is 2.43 bits per heavy atom. The number of hydrogen-bond donors (Lipinski definition) is 1. The zero-order valence-electron chi connectivity index (χ0n) is 16.2.